The average molecular weight is 827 g/mol. The molecule has 1 saturated heterocycles. The number of carbonyl (C=O) groups excluding carboxylic acids is 1. The molecule has 0 aliphatic carbocycles. The van der Waals surface area contributed by atoms with Gasteiger partial charge in [0.2, 0.25) is 0 Å². The maximum atomic E-state index is 12.8. The summed E-state index contributed by atoms with van der Waals surface area (Å²) in [6.45, 7) is 3.77. The minimum atomic E-state index is -5.07. The van der Waals surface area contributed by atoms with E-state index in [1.54, 1.807) is 0 Å². The number of ether oxygens (including phenoxy) is 4. The van der Waals surface area contributed by atoms with Crippen LogP contribution in [0.15, 0.2) is 72.9 Å². The Morgan fingerprint density at radius 1 is 0.684 bits per heavy atom. The van der Waals surface area contributed by atoms with Crippen molar-refractivity contribution in [2.45, 2.75) is 173 Å². The average Bonchev–Trinajstić information content (AvgIpc) is 3.18. The standard InChI is InChI=1S/C44H74O12S/c1-3-5-7-9-11-13-14-15-16-17-18-19-20-21-22-23-24-25-27-29-31-33-40(46)54-38(36-52-34-32-30-28-26-12-10-8-6-4-2)37-53-44-42(48)43(56-57(49,50)51)41(47)39(35-45)55-44/h5,7,11,13,15-16,18-19,21-22,24-25,38-39,41-45,47-48H,3-4,6,8-10,12,14,17,20,23,26-37H2,1-2H3,(H,49,50,51)/b7-5-,13-11-,16-15-,19-18-,22-21-,25-24-. The number of carbonyl (C=O) groups is 1. The first kappa shape index (κ1) is 52.6. The van der Waals surface area contributed by atoms with Crippen LogP contribution in [-0.4, -0.2) is 97.5 Å². The Kier molecular flexibility index (Phi) is 32.7. The Morgan fingerprint density at radius 3 is 1.74 bits per heavy atom. The van der Waals surface area contributed by atoms with E-state index < -0.39 is 59.8 Å². The van der Waals surface area contributed by atoms with Gasteiger partial charge in [0.1, 0.15) is 30.5 Å². The molecule has 57 heavy (non-hydrogen) atoms. The van der Waals surface area contributed by atoms with E-state index in [2.05, 4.69) is 90.9 Å². The molecule has 0 aromatic rings. The molecular weight excluding hydrogens is 753 g/mol. The molecule has 0 radical (unpaired) electrons. The lowest BCUT2D eigenvalue weighted by Crippen LogP contribution is -2.60. The summed E-state index contributed by atoms with van der Waals surface area (Å²) in [4.78, 5) is 12.8. The number of unbranched alkanes of at least 4 members (excludes halogenated alkanes) is 10. The van der Waals surface area contributed by atoms with Gasteiger partial charge in [-0.3, -0.25) is 9.35 Å². The summed E-state index contributed by atoms with van der Waals surface area (Å²) in [5.74, 6) is -0.445. The summed E-state index contributed by atoms with van der Waals surface area (Å²) < 4.78 is 58.8. The van der Waals surface area contributed by atoms with Gasteiger partial charge in [-0.25, -0.2) is 4.18 Å². The van der Waals surface area contributed by atoms with Gasteiger partial charge in [0.05, 0.1) is 19.8 Å². The van der Waals surface area contributed by atoms with Crippen molar-refractivity contribution < 1.29 is 56.2 Å². The second-order valence-corrected chi connectivity index (χ2v) is 15.3. The summed E-state index contributed by atoms with van der Waals surface area (Å²) in [6, 6.07) is 0. The molecule has 12 nitrogen and oxygen atoms in total. The second kappa shape index (κ2) is 35.5. The third-order valence-electron chi connectivity index (χ3n) is 9.09. The van der Waals surface area contributed by atoms with Crippen LogP contribution in [0.2, 0.25) is 0 Å². The summed E-state index contributed by atoms with van der Waals surface area (Å²) >= 11 is 0. The molecule has 6 atom stereocenters. The van der Waals surface area contributed by atoms with E-state index in [0.29, 0.717) is 13.0 Å². The van der Waals surface area contributed by atoms with E-state index in [1.807, 2.05) is 0 Å². The Hall–Kier alpha value is -2.46. The zero-order valence-corrected chi connectivity index (χ0v) is 35.4. The predicted molar refractivity (Wildman–Crippen MR) is 225 cm³/mol. The van der Waals surface area contributed by atoms with Crippen molar-refractivity contribution in [1.82, 2.24) is 0 Å². The van der Waals surface area contributed by atoms with Crippen molar-refractivity contribution in [3.8, 4) is 0 Å². The van der Waals surface area contributed by atoms with Crippen LogP contribution >= 0.6 is 0 Å². The van der Waals surface area contributed by atoms with E-state index in [4.69, 9.17) is 23.5 Å². The maximum absolute atomic E-state index is 12.8. The van der Waals surface area contributed by atoms with Gasteiger partial charge in [-0.05, 0) is 64.2 Å². The van der Waals surface area contributed by atoms with Gasteiger partial charge in [-0.1, -0.05) is 138 Å². The molecule has 6 unspecified atom stereocenters. The maximum Gasteiger partial charge on any atom is 0.397 e. The lowest BCUT2D eigenvalue weighted by molar-refractivity contribution is -0.301. The van der Waals surface area contributed by atoms with Crippen molar-refractivity contribution in [1.29, 1.82) is 0 Å². The summed E-state index contributed by atoms with van der Waals surface area (Å²) in [7, 11) is -5.07. The van der Waals surface area contributed by atoms with Crippen molar-refractivity contribution in [3.63, 3.8) is 0 Å². The fraction of sp³-hybridized carbons (Fsp3) is 0.705. The smallest absolute Gasteiger partial charge is 0.397 e. The Morgan fingerprint density at radius 2 is 1.21 bits per heavy atom. The van der Waals surface area contributed by atoms with Crippen molar-refractivity contribution in [2.24, 2.45) is 0 Å². The molecule has 0 aromatic carbocycles. The minimum absolute atomic E-state index is 0.0150. The highest BCUT2D eigenvalue weighted by Crippen LogP contribution is 2.26. The molecule has 4 N–H and O–H groups in total. The zero-order chi connectivity index (χ0) is 41.8. The van der Waals surface area contributed by atoms with Gasteiger partial charge in [0.25, 0.3) is 0 Å². The van der Waals surface area contributed by atoms with Gasteiger partial charge < -0.3 is 34.3 Å². The topological polar surface area (TPSA) is 178 Å². The van der Waals surface area contributed by atoms with Crippen LogP contribution in [0.3, 0.4) is 0 Å². The van der Waals surface area contributed by atoms with Gasteiger partial charge in [-0.2, -0.15) is 8.42 Å². The lowest BCUT2D eigenvalue weighted by atomic mass is 9.99. The quantitative estimate of drug-likeness (QED) is 0.0208. The SMILES string of the molecule is CC/C=C\C/C=C\C/C=C\C/C=C\C/C=C\C/C=C\CCCCC(=O)OC(COCCCCCCCCCCC)COC1OC(CO)C(O)C(OS(=O)(=O)O)C1O. The van der Waals surface area contributed by atoms with E-state index >= 15 is 0 Å². The van der Waals surface area contributed by atoms with Crippen LogP contribution in [0.1, 0.15) is 136 Å². The summed E-state index contributed by atoms with van der Waals surface area (Å²) in [5.41, 5.74) is 0. The fourth-order valence-corrected chi connectivity index (χ4v) is 6.42. The molecule has 1 fully saturated rings. The number of allylic oxidation sites excluding steroid dienone is 12. The third kappa shape index (κ3) is 29.4. The Bertz CT molecular complexity index is 1280. The molecule has 0 amide bonds. The molecule has 1 heterocycles. The predicted octanol–water partition coefficient (Wildman–Crippen LogP) is 8.35. The van der Waals surface area contributed by atoms with E-state index in [9.17, 15) is 28.5 Å². The van der Waals surface area contributed by atoms with Crippen LogP contribution in [0.4, 0.5) is 0 Å². The molecule has 0 saturated carbocycles. The first-order valence-electron chi connectivity index (χ1n) is 21.2. The molecule has 328 valence electrons. The normalized spacial score (nSPS) is 21.4. The summed E-state index contributed by atoms with van der Waals surface area (Å²) in [5, 5.41) is 30.6. The van der Waals surface area contributed by atoms with Gasteiger partial charge >= 0.3 is 16.4 Å². The highest BCUT2D eigenvalue weighted by Gasteiger charge is 2.48. The van der Waals surface area contributed by atoms with Crippen LogP contribution in [0.25, 0.3) is 0 Å². The number of rotatable bonds is 35. The number of hydrogen-bond donors (Lipinski definition) is 4. The highest BCUT2D eigenvalue weighted by atomic mass is 32.3. The molecule has 13 heteroatoms. The zero-order valence-electron chi connectivity index (χ0n) is 34.6. The van der Waals surface area contributed by atoms with E-state index in [0.717, 1.165) is 70.6 Å². The minimum Gasteiger partial charge on any atom is -0.457 e. The third-order valence-corrected chi connectivity index (χ3v) is 9.56. The first-order valence-corrected chi connectivity index (χ1v) is 22.6. The molecule has 0 aromatic heterocycles. The van der Waals surface area contributed by atoms with E-state index in [-0.39, 0.29) is 19.6 Å². The number of aliphatic hydroxyl groups excluding tert-OH is 3. The Balaban J connectivity index is 2.47. The van der Waals surface area contributed by atoms with Crippen LogP contribution in [0, 0.1) is 0 Å². The number of hydrogen-bond acceptors (Lipinski definition) is 11. The van der Waals surface area contributed by atoms with Crippen molar-refractivity contribution >= 4 is 16.4 Å². The molecule has 0 bridgehead atoms. The molecule has 1 rings (SSSR count). The monoisotopic (exact) mass is 826 g/mol. The lowest BCUT2D eigenvalue weighted by Gasteiger charge is -2.41. The fourth-order valence-electron chi connectivity index (χ4n) is 5.91. The van der Waals surface area contributed by atoms with Crippen LogP contribution < -0.4 is 0 Å². The van der Waals surface area contributed by atoms with Gasteiger partial charge in [0, 0.05) is 13.0 Å². The Labute approximate surface area is 343 Å². The number of esters is 1. The van der Waals surface area contributed by atoms with Crippen LogP contribution in [-0.2, 0) is 38.3 Å². The molecule has 1 aliphatic rings. The highest BCUT2D eigenvalue weighted by molar-refractivity contribution is 7.80. The second-order valence-electron chi connectivity index (χ2n) is 14.2. The van der Waals surface area contributed by atoms with Crippen molar-refractivity contribution in [2.75, 3.05) is 26.4 Å². The molecular formula is C44H74O12S. The number of aliphatic hydroxyl groups is 3. The summed E-state index contributed by atoms with van der Waals surface area (Å²) in [6.07, 6.45) is 35.2. The van der Waals surface area contributed by atoms with Crippen molar-refractivity contribution in [3.05, 3.63) is 72.9 Å². The van der Waals surface area contributed by atoms with Gasteiger partial charge in [-0.15, -0.1) is 0 Å². The molecule has 1 aliphatic heterocycles. The van der Waals surface area contributed by atoms with E-state index in [1.165, 1.54) is 38.5 Å². The van der Waals surface area contributed by atoms with Gasteiger partial charge in [0.15, 0.2) is 6.29 Å². The largest absolute Gasteiger partial charge is 0.457 e. The molecule has 0 spiro atoms. The van der Waals surface area contributed by atoms with Crippen LogP contribution in [0.5, 0.6) is 0 Å². The first-order chi connectivity index (χ1) is 27.6.